The van der Waals surface area contributed by atoms with Crippen molar-refractivity contribution in [2.45, 2.75) is 25.9 Å². The molecule has 1 nitrogen and oxygen atoms in total. The standard InChI is InChI=1S/C17H20FN/c1-13(15-7-5-4-6-8-15)19(3)14(2)16-9-11-17(18)12-10-16/h4-14H,1-3H3. The highest BCUT2D eigenvalue weighted by atomic mass is 19.1. The summed E-state index contributed by atoms with van der Waals surface area (Å²) in [4.78, 5) is 2.29. The summed E-state index contributed by atoms with van der Waals surface area (Å²) in [6.45, 7) is 4.34. The Hall–Kier alpha value is -1.67. The maximum atomic E-state index is 13.0. The molecule has 0 fully saturated rings. The Morgan fingerprint density at radius 2 is 1.26 bits per heavy atom. The SMILES string of the molecule is CC(c1ccccc1)N(C)C(C)c1ccc(F)cc1. The molecule has 2 heteroatoms. The third kappa shape index (κ3) is 3.21. The Bertz CT molecular complexity index is 507. The molecule has 0 aliphatic rings. The summed E-state index contributed by atoms with van der Waals surface area (Å²) < 4.78 is 13.0. The summed E-state index contributed by atoms with van der Waals surface area (Å²) in [5.74, 6) is -0.185. The Kier molecular flexibility index (Phi) is 4.33. The van der Waals surface area contributed by atoms with Crippen molar-refractivity contribution >= 4 is 0 Å². The zero-order valence-electron chi connectivity index (χ0n) is 11.7. The molecule has 0 saturated heterocycles. The molecule has 0 aromatic heterocycles. The van der Waals surface area contributed by atoms with Crippen molar-refractivity contribution in [2.24, 2.45) is 0 Å². The van der Waals surface area contributed by atoms with Crippen LogP contribution in [-0.4, -0.2) is 11.9 Å². The second-order valence-electron chi connectivity index (χ2n) is 4.98. The molecule has 2 atom stereocenters. The van der Waals surface area contributed by atoms with Crippen molar-refractivity contribution in [2.75, 3.05) is 7.05 Å². The van der Waals surface area contributed by atoms with Crippen LogP contribution in [0.3, 0.4) is 0 Å². The molecule has 2 aromatic carbocycles. The van der Waals surface area contributed by atoms with E-state index in [9.17, 15) is 4.39 Å². The number of benzene rings is 2. The van der Waals surface area contributed by atoms with E-state index >= 15 is 0 Å². The predicted octanol–water partition coefficient (Wildman–Crippen LogP) is 4.58. The fraction of sp³-hybridized carbons (Fsp3) is 0.294. The Labute approximate surface area is 114 Å². The summed E-state index contributed by atoms with van der Waals surface area (Å²) in [5.41, 5.74) is 2.42. The second kappa shape index (κ2) is 5.98. The van der Waals surface area contributed by atoms with Gasteiger partial charge in [0.2, 0.25) is 0 Å². The van der Waals surface area contributed by atoms with Crippen LogP contribution in [0.25, 0.3) is 0 Å². The van der Waals surface area contributed by atoms with Crippen LogP contribution in [0, 0.1) is 5.82 Å². The van der Waals surface area contributed by atoms with Crippen LogP contribution in [-0.2, 0) is 0 Å². The van der Waals surface area contributed by atoms with Gasteiger partial charge in [-0.15, -0.1) is 0 Å². The molecule has 2 aromatic rings. The lowest BCUT2D eigenvalue weighted by Gasteiger charge is -2.31. The van der Waals surface area contributed by atoms with Gasteiger partial charge in [0.1, 0.15) is 5.82 Å². The number of rotatable bonds is 4. The molecule has 0 radical (unpaired) electrons. The molecule has 0 N–H and O–H groups in total. The van der Waals surface area contributed by atoms with Gasteiger partial charge in [-0.3, -0.25) is 4.90 Å². The van der Waals surface area contributed by atoms with Gasteiger partial charge in [0, 0.05) is 12.1 Å². The van der Waals surface area contributed by atoms with Crippen molar-refractivity contribution in [1.29, 1.82) is 0 Å². The number of halogens is 1. The van der Waals surface area contributed by atoms with E-state index < -0.39 is 0 Å². The maximum absolute atomic E-state index is 13.0. The van der Waals surface area contributed by atoms with Gasteiger partial charge < -0.3 is 0 Å². The molecular weight excluding hydrogens is 237 g/mol. The average molecular weight is 257 g/mol. The fourth-order valence-corrected chi connectivity index (χ4v) is 2.28. The fourth-order valence-electron chi connectivity index (χ4n) is 2.28. The maximum Gasteiger partial charge on any atom is 0.123 e. The van der Waals surface area contributed by atoms with Crippen LogP contribution in [0.1, 0.15) is 37.1 Å². The van der Waals surface area contributed by atoms with E-state index in [1.54, 1.807) is 0 Å². The van der Waals surface area contributed by atoms with Crippen LogP contribution < -0.4 is 0 Å². The van der Waals surface area contributed by atoms with E-state index in [1.165, 1.54) is 17.7 Å². The molecule has 0 bridgehead atoms. The smallest absolute Gasteiger partial charge is 0.123 e. The molecule has 0 saturated carbocycles. The molecule has 0 aliphatic heterocycles. The third-order valence-electron chi connectivity index (χ3n) is 3.86. The van der Waals surface area contributed by atoms with Crippen molar-refractivity contribution < 1.29 is 4.39 Å². The quantitative estimate of drug-likeness (QED) is 0.775. The number of hydrogen-bond acceptors (Lipinski definition) is 1. The minimum absolute atomic E-state index is 0.185. The third-order valence-corrected chi connectivity index (χ3v) is 3.86. The van der Waals surface area contributed by atoms with E-state index in [0.717, 1.165) is 5.56 Å². The van der Waals surface area contributed by atoms with Gasteiger partial charge >= 0.3 is 0 Å². The summed E-state index contributed by atoms with van der Waals surface area (Å²) in [7, 11) is 2.10. The van der Waals surface area contributed by atoms with Gasteiger partial charge in [-0.1, -0.05) is 42.5 Å². The van der Waals surface area contributed by atoms with Crippen molar-refractivity contribution in [3.8, 4) is 0 Å². The molecular formula is C17H20FN. The summed E-state index contributed by atoms with van der Waals surface area (Å²) in [6, 6.07) is 17.7. The molecule has 0 amide bonds. The topological polar surface area (TPSA) is 3.24 Å². The van der Waals surface area contributed by atoms with Crippen molar-refractivity contribution in [3.05, 3.63) is 71.5 Å². The highest BCUT2D eigenvalue weighted by molar-refractivity contribution is 5.22. The van der Waals surface area contributed by atoms with Gasteiger partial charge in [0.15, 0.2) is 0 Å². The molecule has 0 aliphatic carbocycles. The minimum Gasteiger partial charge on any atom is -0.293 e. The molecule has 0 heterocycles. The minimum atomic E-state index is -0.185. The summed E-state index contributed by atoms with van der Waals surface area (Å²) in [6.07, 6.45) is 0. The second-order valence-corrected chi connectivity index (χ2v) is 4.98. The van der Waals surface area contributed by atoms with E-state index in [-0.39, 0.29) is 11.9 Å². The zero-order valence-corrected chi connectivity index (χ0v) is 11.7. The van der Waals surface area contributed by atoms with Gasteiger partial charge in [-0.25, -0.2) is 4.39 Å². The van der Waals surface area contributed by atoms with E-state index in [1.807, 2.05) is 18.2 Å². The highest BCUT2D eigenvalue weighted by Gasteiger charge is 2.18. The van der Waals surface area contributed by atoms with Crippen LogP contribution in [0.5, 0.6) is 0 Å². The predicted molar refractivity (Wildman–Crippen MR) is 77.4 cm³/mol. The lowest BCUT2D eigenvalue weighted by molar-refractivity contribution is 0.199. The number of hydrogen-bond donors (Lipinski definition) is 0. The Morgan fingerprint density at radius 3 is 1.79 bits per heavy atom. The molecule has 2 unspecified atom stereocenters. The van der Waals surface area contributed by atoms with Crippen LogP contribution >= 0.6 is 0 Å². The highest BCUT2D eigenvalue weighted by Crippen LogP contribution is 2.28. The molecule has 0 spiro atoms. The zero-order chi connectivity index (χ0) is 13.8. The lowest BCUT2D eigenvalue weighted by Crippen LogP contribution is -2.25. The van der Waals surface area contributed by atoms with Crippen molar-refractivity contribution in [3.63, 3.8) is 0 Å². The van der Waals surface area contributed by atoms with Crippen LogP contribution in [0.2, 0.25) is 0 Å². The summed E-state index contributed by atoms with van der Waals surface area (Å²) >= 11 is 0. The monoisotopic (exact) mass is 257 g/mol. The lowest BCUT2D eigenvalue weighted by atomic mass is 10.0. The molecule has 100 valence electrons. The van der Waals surface area contributed by atoms with E-state index in [0.29, 0.717) is 6.04 Å². The first-order chi connectivity index (χ1) is 9.09. The normalized spacial score (nSPS) is 14.4. The summed E-state index contributed by atoms with van der Waals surface area (Å²) in [5, 5.41) is 0. The van der Waals surface area contributed by atoms with Crippen molar-refractivity contribution in [1.82, 2.24) is 4.90 Å². The largest absolute Gasteiger partial charge is 0.293 e. The van der Waals surface area contributed by atoms with Crippen LogP contribution in [0.15, 0.2) is 54.6 Å². The first kappa shape index (κ1) is 13.8. The van der Waals surface area contributed by atoms with Gasteiger partial charge in [0.05, 0.1) is 0 Å². The first-order valence-corrected chi connectivity index (χ1v) is 6.62. The molecule has 19 heavy (non-hydrogen) atoms. The van der Waals surface area contributed by atoms with Gasteiger partial charge in [-0.05, 0) is 44.2 Å². The average Bonchev–Trinajstić information content (AvgIpc) is 2.46. The first-order valence-electron chi connectivity index (χ1n) is 6.62. The Balaban J connectivity index is 2.15. The van der Waals surface area contributed by atoms with E-state index in [2.05, 4.69) is 50.1 Å². The van der Waals surface area contributed by atoms with Crippen LogP contribution in [0.4, 0.5) is 4.39 Å². The number of nitrogens with zero attached hydrogens (tertiary/aromatic N) is 1. The Morgan fingerprint density at radius 1 is 0.789 bits per heavy atom. The van der Waals surface area contributed by atoms with Gasteiger partial charge in [-0.2, -0.15) is 0 Å². The molecule has 2 rings (SSSR count). The van der Waals surface area contributed by atoms with Gasteiger partial charge in [0.25, 0.3) is 0 Å². The van der Waals surface area contributed by atoms with E-state index in [4.69, 9.17) is 0 Å².